The molecule has 1 aliphatic carbocycles. The fourth-order valence-electron chi connectivity index (χ4n) is 3.20. The highest BCUT2D eigenvalue weighted by atomic mass is 16.1. The summed E-state index contributed by atoms with van der Waals surface area (Å²) in [4.78, 5) is 15.2. The lowest BCUT2D eigenvalue weighted by atomic mass is 9.87. The Morgan fingerprint density at radius 2 is 1.78 bits per heavy atom. The Labute approximate surface area is 108 Å². The topological polar surface area (TPSA) is 23.6 Å². The summed E-state index contributed by atoms with van der Waals surface area (Å²) in [5, 5.41) is 0. The van der Waals surface area contributed by atoms with E-state index < -0.39 is 0 Å². The largest absolute Gasteiger partial charge is 0.343 e. The number of nitrogens with zero attached hydrogens (tertiary/aromatic N) is 2. The molecule has 1 saturated heterocycles. The smallest absolute Gasteiger partial charge is 0.209 e. The summed E-state index contributed by atoms with van der Waals surface area (Å²) in [6.45, 7) is 3.85. The zero-order valence-electron chi connectivity index (χ0n) is 10.7. The van der Waals surface area contributed by atoms with Crippen molar-refractivity contribution in [3.05, 3.63) is 35.4 Å². The number of fused-ring (bicyclic) bond motifs is 1. The predicted molar refractivity (Wildman–Crippen MR) is 71.5 cm³/mol. The fourth-order valence-corrected chi connectivity index (χ4v) is 3.20. The van der Waals surface area contributed by atoms with E-state index in [0.717, 1.165) is 32.6 Å². The average molecular weight is 244 g/mol. The zero-order valence-corrected chi connectivity index (χ0v) is 10.7. The lowest BCUT2D eigenvalue weighted by molar-refractivity contribution is -0.120. The normalized spacial score (nSPS) is 24.7. The fraction of sp³-hybridized carbons (Fsp3) is 0.533. The maximum atomic E-state index is 10.7. The SMILES string of the molecule is O=CN1CCN(C2CCc3ccccc3C2)CC1. The van der Waals surface area contributed by atoms with Gasteiger partial charge in [0.1, 0.15) is 0 Å². The molecule has 96 valence electrons. The Hall–Kier alpha value is -1.35. The highest BCUT2D eigenvalue weighted by Gasteiger charge is 2.26. The van der Waals surface area contributed by atoms with Crippen LogP contribution in [0.2, 0.25) is 0 Å². The van der Waals surface area contributed by atoms with Crippen LogP contribution >= 0.6 is 0 Å². The predicted octanol–water partition coefficient (Wildman–Crippen LogP) is 1.32. The molecular formula is C15H20N2O. The minimum Gasteiger partial charge on any atom is -0.343 e. The van der Waals surface area contributed by atoms with E-state index in [1.807, 2.05) is 4.90 Å². The van der Waals surface area contributed by atoms with Gasteiger partial charge in [0, 0.05) is 32.2 Å². The van der Waals surface area contributed by atoms with Gasteiger partial charge in [-0.1, -0.05) is 24.3 Å². The summed E-state index contributed by atoms with van der Waals surface area (Å²) in [6, 6.07) is 9.49. The molecule has 1 atom stereocenters. The first-order valence-corrected chi connectivity index (χ1v) is 6.87. The molecule has 1 unspecified atom stereocenters. The first-order chi connectivity index (χ1) is 8.86. The van der Waals surface area contributed by atoms with Crippen molar-refractivity contribution in [2.45, 2.75) is 25.3 Å². The number of rotatable bonds is 2. The molecule has 1 aliphatic heterocycles. The third-order valence-electron chi connectivity index (χ3n) is 4.34. The Bertz CT molecular complexity index is 424. The highest BCUT2D eigenvalue weighted by Crippen LogP contribution is 2.24. The maximum absolute atomic E-state index is 10.7. The number of amides is 1. The van der Waals surface area contributed by atoms with Crippen molar-refractivity contribution >= 4 is 6.41 Å². The summed E-state index contributed by atoms with van der Waals surface area (Å²) >= 11 is 0. The van der Waals surface area contributed by atoms with Gasteiger partial charge in [-0.3, -0.25) is 9.69 Å². The van der Waals surface area contributed by atoms with E-state index >= 15 is 0 Å². The van der Waals surface area contributed by atoms with Gasteiger partial charge in [0.25, 0.3) is 0 Å². The second-order valence-corrected chi connectivity index (χ2v) is 5.34. The van der Waals surface area contributed by atoms with E-state index in [1.165, 1.54) is 30.4 Å². The average Bonchev–Trinajstić information content (AvgIpc) is 2.47. The molecule has 0 spiro atoms. The van der Waals surface area contributed by atoms with Crippen molar-refractivity contribution in [3.8, 4) is 0 Å². The molecule has 0 radical (unpaired) electrons. The summed E-state index contributed by atoms with van der Waals surface area (Å²) in [6.07, 6.45) is 4.62. The van der Waals surface area contributed by atoms with Crippen LogP contribution in [0.4, 0.5) is 0 Å². The van der Waals surface area contributed by atoms with E-state index in [0.29, 0.717) is 6.04 Å². The Balaban J connectivity index is 1.64. The Kier molecular flexibility index (Phi) is 3.33. The number of aryl methyl sites for hydroxylation is 1. The third-order valence-corrected chi connectivity index (χ3v) is 4.34. The van der Waals surface area contributed by atoms with Crippen LogP contribution in [0.15, 0.2) is 24.3 Å². The molecule has 3 heteroatoms. The molecule has 3 nitrogen and oxygen atoms in total. The Morgan fingerprint density at radius 1 is 1.06 bits per heavy atom. The minimum atomic E-state index is 0.675. The van der Waals surface area contributed by atoms with Crippen molar-refractivity contribution in [2.75, 3.05) is 26.2 Å². The summed E-state index contributed by atoms with van der Waals surface area (Å²) in [5.74, 6) is 0. The van der Waals surface area contributed by atoms with Gasteiger partial charge in [-0.05, 0) is 30.4 Å². The summed E-state index contributed by atoms with van der Waals surface area (Å²) in [5.41, 5.74) is 3.05. The molecule has 0 saturated carbocycles. The molecule has 3 rings (SSSR count). The van der Waals surface area contributed by atoms with Crippen LogP contribution in [-0.4, -0.2) is 48.4 Å². The van der Waals surface area contributed by atoms with Gasteiger partial charge >= 0.3 is 0 Å². The van der Waals surface area contributed by atoms with E-state index in [4.69, 9.17) is 0 Å². The second kappa shape index (κ2) is 5.11. The van der Waals surface area contributed by atoms with Gasteiger partial charge in [0.15, 0.2) is 0 Å². The number of carbonyl (C=O) groups excluding carboxylic acids is 1. The van der Waals surface area contributed by atoms with Crippen LogP contribution in [0, 0.1) is 0 Å². The lowest BCUT2D eigenvalue weighted by Gasteiger charge is -2.40. The van der Waals surface area contributed by atoms with Crippen LogP contribution < -0.4 is 0 Å². The first kappa shape index (κ1) is 11.7. The molecular weight excluding hydrogens is 224 g/mol. The molecule has 0 bridgehead atoms. The van der Waals surface area contributed by atoms with Gasteiger partial charge < -0.3 is 4.90 Å². The number of benzene rings is 1. The van der Waals surface area contributed by atoms with Gasteiger partial charge in [-0.2, -0.15) is 0 Å². The van der Waals surface area contributed by atoms with Crippen LogP contribution in [0.1, 0.15) is 17.5 Å². The van der Waals surface area contributed by atoms with Gasteiger partial charge in [0.2, 0.25) is 6.41 Å². The minimum absolute atomic E-state index is 0.675. The summed E-state index contributed by atoms with van der Waals surface area (Å²) < 4.78 is 0. The summed E-state index contributed by atoms with van der Waals surface area (Å²) in [7, 11) is 0. The molecule has 1 heterocycles. The monoisotopic (exact) mass is 244 g/mol. The van der Waals surface area contributed by atoms with Gasteiger partial charge in [-0.25, -0.2) is 0 Å². The van der Waals surface area contributed by atoms with Gasteiger partial charge in [-0.15, -0.1) is 0 Å². The Morgan fingerprint density at radius 3 is 2.50 bits per heavy atom. The van der Waals surface area contributed by atoms with E-state index in [9.17, 15) is 4.79 Å². The first-order valence-electron chi connectivity index (χ1n) is 6.87. The van der Waals surface area contributed by atoms with E-state index in [1.54, 1.807) is 0 Å². The molecule has 1 amide bonds. The molecule has 1 aromatic rings. The van der Waals surface area contributed by atoms with Crippen molar-refractivity contribution in [1.82, 2.24) is 9.80 Å². The van der Waals surface area contributed by atoms with Gasteiger partial charge in [0.05, 0.1) is 0 Å². The molecule has 18 heavy (non-hydrogen) atoms. The zero-order chi connectivity index (χ0) is 12.4. The van der Waals surface area contributed by atoms with Crippen molar-refractivity contribution in [1.29, 1.82) is 0 Å². The van der Waals surface area contributed by atoms with E-state index in [-0.39, 0.29) is 0 Å². The number of carbonyl (C=O) groups is 1. The number of hydrogen-bond donors (Lipinski definition) is 0. The molecule has 0 N–H and O–H groups in total. The molecule has 0 aromatic heterocycles. The van der Waals surface area contributed by atoms with Crippen molar-refractivity contribution < 1.29 is 4.79 Å². The van der Waals surface area contributed by atoms with Crippen LogP contribution in [0.25, 0.3) is 0 Å². The van der Waals surface area contributed by atoms with Crippen molar-refractivity contribution in [3.63, 3.8) is 0 Å². The quantitative estimate of drug-likeness (QED) is 0.733. The molecule has 1 aromatic carbocycles. The van der Waals surface area contributed by atoms with E-state index in [2.05, 4.69) is 29.2 Å². The second-order valence-electron chi connectivity index (χ2n) is 5.34. The standard InChI is InChI=1S/C15H20N2O/c18-12-16-7-9-17(10-8-16)15-6-5-13-3-1-2-4-14(13)11-15/h1-4,12,15H,5-11H2. The van der Waals surface area contributed by atoms with Crippen LogP contribution in [0.5, 0.6) is 0 Å². The molecule has 1 fully saturated rings. The number of piperazine rings is 1. The van der Waals surface area contributed by atoms with Crippen molar-refractivity contribution in [2.24, 2.45) is 0 Å². The van der Waals surface area contributed by atoms with Crippen LogP contribution in [-0.2, 0) is 17.6 Å². The highest BCUT2D eigenvalue weighted by molar-refractivity contribution is 5.47. The maximum Gasteiger partial charge on any atom is 0.209 e. The van der Waals surface area contributed by atoms with Crippen LogP contribution in [0.3, 0.4) is 0 Å². The molecule has 2 aliphatic rings. The third kappa shape index (κ3) is 2.27. The number of hydrogen-bond acceptors (Lipinski definition) is 2. The lowest BCUT2D eigenvalue weighted by Crippen LogP contribution is -2.51.